The second-order valence-corrected chi connectivity index (χ2v) is 7.34. The first kappa shape index (κ1) is 17.5. The number of H-pyrrole nitrogens is 1. The molecule has 1 aliphatic heterocycles. The number of benzene rings is 1. The van der Waals surface area contributed by atoms with Crippen molar-refractivity contribution in [1.82, 2.24) is 9.88 Å². The Kier molecular flexibility index (Phi) is 4.31. The first-order chi connectivity index (χ1) is 11.7. The average molecular weight is 348 g/mol. The predicted octanol–water partition coefficient (Wildman–Crippen LogP) is 4.86. The molecule has 0 saturated heterocycles. The molecule has 1 aromatic heterocycles. The number of hydrogen-bond donors (Lipinski definition) is 1. The van der Waals surface area contributed by atoms with Crippen LogP contribution < -0.4 is 0 Å². The Morgan fingerprint density at radius 1 is 1.32 bits per heavy atom. The highest BCUT2D eigenvalue weighted by Gasteiger charge is 2.28. The van der Waals surface area contributed by atoms with Crippen LogP contribution in [-0.2, 0) is 4.74 Å². The second-order valence-electron chi connectivity index (χ2n) is 7.34. The number of aromatic nitrogens is 1. The van der Waals surface area contributed by atoms with E-state index in [-0.39, 0.29) is 17.7 Å². The van der Waals surface area contributed by atoms with Gasteiger partial charge in [-0.1, -0.05) is 6.08 Å². The number of nitrogens with zero attached hydrogens (tertiary/aromatic N) is 1. The Morgan fingerprint density at radius 2 is 2.04 bits per heavy atom. The minimum atomic E-state index is -0.872. The second kappa shape index (κ2) is 6.17. The Hall–Kier alpha value is -2.37. The van der Waals surface area contributed by atoms with Crippen molar-refractivity contribution in [2.24, 2.45) is 0 Å². The largest absolute Gasteiger partial charge is 0.444 e. The number of carbonyl (C=O) groups excluding carboxylic acids is 1. The van der Waals surface area contributed by atoms with E-state index >= 15 is 0 Å². The Labute approximate surface area is 145 Å². The highest BCUT2D eigenvalue weighted by molar-refractivity contribution is 5.93. The number of aromatic amines is 1. The molecule has 4 nitrogen and oxygen atoms in total. The molecule has 0 saturated carbocycles. The van der Waals surface area contributed by atoms with Crippen molar-refractivity contribution in [3.63, 3.8) is 0 Å². The highest BCUT2D eigenvalue weighted by atomic mass is 19.2. The summed E-state index contributed by atoms with van der Waals surface area (Å²) in [6.07, 6.45) is 3.93. The normalized spacial score (nSPS) is 18.4. The molecule has 0 radical (unpaired) electrons. The van der Waals surface area contributed by atoms with Gasteiger partial charge in [0.2, 0.25) is 0 Å². The third kappa shape index (κ3) is 3.38. The number of hydrogen-bond acceptors (Lipinski definition) is 2. The van der Waals surface area contributed by atoms with Crippen LogP contribution in [0.2, 0.25) is 0 Å². The van der Waals surface area contributed by atoms with Crippen LogP contribution in [0.3, 0.4) is 0 Å². The molecule has 0 fully saturated rings. The maximum atomic E-state index is 13.9. The van der Waals surface area contributed by atoms with Crippen molar-refractivity contribution >= 4 is 22.6 Å². The number of nitrogens with one attached hydrogen (secondary N) is 1. The molecule has 1 atom stereocenters. The minimum absolute atomic E-state index is 0.145. The van der Waals surface area contributed by atoms with Gasteiger partial charge in [0.25, 0.3) is 0 Å². The maximum absolute atomic E-state index is 13.9. The van der Waals surface area contributed by atoms with E-state index in [0.29, 0.717) is 18.4 Å². The van der Waals surface area contributed by atoms with Gasteiger partial charge in [-0.05, 0) is 51.8 Å². The zero-order valence-corrected chi connectivity index (χ0v) is 14.8. The van der Waals surface area contributed by atoms with Crippen molar-refractivity contribution in [2.75, 3.05) is 6.54 Å². The van der Waals surface area contributed by atoms with E-state index in [1.165, 1.54) is 0 Å². The lowest BCUT2D eigenvalue weighted by Gasteiger charge is -2.34. The van der Waals surface area contributed by atoms with E-state index in [4.69, 9.17) is 4.74 Å². The molecule has 25 heavy (non-hydrogen) atoms. The lowest BCUT2D eigenvalue weighted by Crippen LogP contribution is -2.43. The van der Waals surface area contributed by atoms with Crippen molar-refractivity contribution in [2.45, 2.75) is 45.8 Å². The quantitative estimate of drug-likeness (QED) is 0.800. The fourth-order valence-electron chi connectivity index (χ4n) is 3.12. The third-order valence-electron chi connectivity index (χ3n) is 4.28. The lowest BCUT2D eigenvalue weighted by molar-refractivity contribution is 0.0209. The molecule has 0 bridgehead atoms. The van der Waals surface area contributed by atoms with Gasteiger partial charge < -0.3 is 14.6 Å². The van der Waals surface area contributed by atoms with Crippen LogP contribution in [0.1, 0.15) is 39.7 Å². The van der Waals surface area contributed by atoms with E-state index in [1.807, 2.05) is 33.8 Å². The highest BCUT2D eigenvalue weighted by Crippen LogP contribution is 2.32. The van der Waals surface area contributed by atoms with Gasteiger partial charge in [0.05, 0.1) is 11.6 Å². The molecule has 2 heterocycles. The van der Waals surface area contributed by atoms with Gasteiger partial charge in [-0.25, -0.2) is 13.6 Å². The fourth-order valence-corrected chi connectivity index (χ4v) is 3.12. The van der Waals surface area contributed by atoms with Crippen molar-refractivity contribution in [1.29, 1.82) is 0 Å². The Bertz CT molecular complexity index is 849. The molecule has 0 aliphatic carbocycles. The summed E-state index contributed by atoms with van der Waals surface area (Å²) >= 11 is 0. The molecule has 1 aromatic carbocycles. The predicted molar refractivity (Wildman–Crippen MR) is 93.2 cm³/mol. The van der Waals surface area contributed by atoms with Crippen LogP contribution in [0, 0.1) is 11.6 Å². The van der Waals surface area contributed by atoms with Gasteiger partial charge in [-0.3, -0.25) is 0 Å². The standard InChI is InChI=1S/C19H22F2N2O2/c1-11-9-12(7-8-23(11)18(24)25-19(2,3)4)14-10-22-17-13(14)5-6-15(20)16(17)21/h5-6,9-11,22H,7-8H2,1-4H3. The number of carbonyl (C=O) groups is 1. The van der Waals surface area contributed by atoms with Crippen LogP contribution in [0.25, 0.3) is 16.5 Å². The lowest BCUT2D eigenvalue weighted by atomic mass is 9.96. The molecular formula is C19H22F2N2O2. The number of halogens is 2. The number of amides is 1. The average Bonchev–Trinajstić information content (AvgIpc) is 2.93. The monoisotopic (exact) mass is 348 g/mol. The molecule has 1 unspecified atom stereocenters. The topological polar surface area (TPSA) is 45.3 Å². The van der Waals surface area contributed by atoms with Crippen molar-refractivity contribution in [3.8, 4) is 0 Å². The first-order valence-electron chi connectivity index (χ1n) is 8.33. The molecular weight excluding hydrogens is 326 g/mol. The summed E-state index contributed by atoms with van der Waals surface area (Å²) in [5, 5.41) is 0.642. The zero-order chi connectivity index (χ0) is 18.4. The van der Waals surface area contributed by atoms with Gasteiger partial charge in [0.15, 0.2) is 11.6 Å². The smallest absolute Gasteiger partial charge is 0.410 e. The van der Waals surface area contributed by atoms with Gasteiger partial charge >= 0.3 is 6.09 Å². The summed E-state index contributed by atoms with van der Waals surface area (Å²) in [5.74, 6) is -1.74. The minimum Gasteiger partial charge on any atom is -0.444 e. The van der Waals surface area contributed by atoms with Gasteiger partial charge in [-0.2, -0.15) is 0 Å². The van der Waals surface area contributed by atoms with Crippen molar-refractivity contribution in [3.05, 3.63) is 41.6 Å². The van der Waals surface area contributed by atoms with E-state index in [0.717, 1.165) is 17.2 Å². The maximum Gasteiger partial charge on any atom is 0.410 e. The molecule has 1 amide bonds. The first-order valence-corrected chi connectivity index (χ1v) is 8.33. The Morgan fingerprint density at radius 3 is 2.68 bits per heavy atom. The fraction of sp³-hybridized carbons (Fsp3) is 0.421. The molecule has 1 aliphatic rings. The molecule has 1 N–H and O–H groups in total. The zero-order valence-electron chi connectivity index (χ0n) is 14.8. The molecule has 0 spiro atoms. The summed E-state index contributed by atoms with van der Waals surface area (Å²) in [5.41, 5.74) is 1.46. The van der Waals surface area contributed by atoms with Crippen LogP contribution in [0.4, 0.5) is 13.6 Å². The van der Waals surface area contributed by atoms with E-state index in [9.17, 15) is 13.6 Å². The van der Waals surface area contributed by atoms with Crippen LogP contribution in [-0.4, -0.2) is 34.2 Å². The summed E-state index contributed by atoms with van der Waals surface area (Å²) < 4.78 is 32.7. The van der Waals surface area contributed by atoms with Gasteiger partial charge in [0.1, 0.15) is 5.60 Å². The van der Waals surface area contributed by atoms with E-state index < -0.39 is 17.2 Å². The molecule has 3 rings (SSSR count). The Balaban J connectivity index is 1.88. The third-order valence-corrected chi connectivity index (χ3v) is 4.28. The van der Waals surface area contributed by atoms with Crippen molar-refractivity contribution < 1.29 is 18.3 Å². The van der Waals surface area contributed by atoms with Gasteiger partial charge in [-0.15, -0.1) is 0 Å². The molecule has 134 valence electrons. The van der Waals surface area contributed by atoms with Gasteiger partial charge in [0, 0.05) is 23.7 Å². The van der Waals surface area contributed by atoms with Crippen LogP contribution in [0.5, 0.6) is 0 Å². The number of ether oxygens (including phenoxy) is 1. The van der Waals surface area contributed by atoms with E-state index in [1.54, 1.807) is 17.2 Å². The summed E-state index contributed by atoms with van der Waals surface area (Å²) in [6, 6.07) is 2.56. The van der Waals surface area contributed by atoms with Crippen LogP contribution in [0.15, 0.2) is 24.4 Å². The summed E-state index contributed by atoms with van der Waals surface area (Å²) in [7, 11) is 0. The van der Waals surface area contributed by atoms with E-state index in [2.05, 4.69) is 4.98 Å². The summed E-state index contributed by atoms with van der Waals surface area (Å²) in [6.45, 7) is 7.93. The SMILES string of the molecule is CC1C=C(c2c[nH]c3c(F)c(F)ccc23)CCN1C(=O)OC(C)(C)C. The van der Waals surface area contributed by atoms with Crippen LogP contribution >= 0.6 is 0 Å². The molecule has 2 aromatic rings. The summed E-state index contributed by atoms with van der Waals surface area (Å²) in [4.78, 5) is 16.8. The number of rotatable bonds is 1. The number of fused-ring (bicyclic) bond motifs is 1. The molecule has 6 heteroatoms.